The highest BCUT2D eigenvalue weighted by Gasteiger charge is 2.30. The van der Waals surface area contributed by atoms with Gasteiger partial charge in [0.15, 0.2) is 0 Å². The molecule has 2 atom stereocenters. The molecule has 0 amide bonds. The fraction of sp³-hybridized carbons (Fsp3) is 0.818. The Bertz CT molecular complexity index is 441. The Balaban J connectivity index is 5.03. The molecule has 0 saturated carbocycles. The number of nitrogens with one attached hydrogen (secondary N) is 1. The van der Waals surface area contributed by atoms with Crippen molar-refractivity contribution in [2.45, 2.75) is 33.7 Å². The first kappa shape index (κ1) is 17.8. The van der Waals surface area contributed by atoms with E-state index in [-0.39, 0.29) is 19.0 Å². The second kappa shape index (κ2) is 7.43. The van der Waals surface area contributed by atoms with Crippen LogP contribution >= 0.6 is 0 Å². The van der Waals surface area contributed by atoms with Crippen LogP contribution in [0.5, 0.6) is 0 Å². The molecule has 0 aliphatic heterocycles. The molecular formula is C11H21N3O4S. The van der Waals surface area contributed by atoms with E-state index in [1.807, 2.05) is 6.07 Å². The zero-order valence-electron chi connectivity index (χ0n) is 11.6. The number of nitrogens with zero attached hydrogens (tertiary/aromatic N) is 2. The van der Waals surface area contributed by atoms with Gasteiger partial charge in [-0.2, -0.15) is 22.7 Å². The van der Waals surface area contributed by atoms with E-state index in [2.05, 4.69) is 4.72 Å². The number of carboxylic acid groups (broad SMARTS) is 1. The average Bonchev–Trinajstić information content (AvgIpc) is 2.31. The highest BCUT2D eigenvalue weighted by molar-refractivity contribution is 7.87. The van der Waals surface area contributed by atoms with Gasteiger partial charge >= 0.3 is 5.97 Å². The lowest BCUT2D eigenvalue weighted by molar-refractivity contribution is -0.140. The first-order valence-corrected chi connectivity index (χ1v) is 7.49. The molecule has 0 aromatic heterocycles. The predicted molar refractivity (Wildman–Crippen MR) is 70.3 cm³/mol. The van der Waals surface area contributed by atoms with E-state index in [4.69, 9.17) is 10.4 Å². The predicted octanol–water partition coefficient (Wildman–Crippen LogP) is 0.412. The molecule has 0 bridgehead atoms. The van der Waals surface area contributed by atoms with Gasteiger partial charge in [0.25, 0.3) is 10.2 Å². The minimum Gasteiger partial charge on any atom is -0.480 e. The van der Waals surface area contributed by atoms with E-state index in [1.54, 1.807) is 27.7 Å². The van der Waals surface area contributed by atoms with Crippen LogP contribution in [0.3, 0.4) is 0 Å². The standard InChI is InChI=1S/C11H21N3O4S/c1-5-14(7-9(4)6-12)19(17,18)13-10(8(2)3)11(15)16/h8-10,13H,5,7H2,1-4H3,(H,15,16)/t9?,10-/m0/s1. The molecule has 110 valence electrons. The molecule has 0 radical (unpaired) electrons. The van der Waals surface area contributed by atoms with Crippen molar-refractivity contribution in [2.75, 3.05) is 13.1 Å². The van der Waals surface area contributed by atoms with Crippen molar-refractivity contribution in [2.24, 2.45) is 11.8 Å². The molecular weight excluding hydrogens is 270 g/mol. The van der Waals surface area contributed by atoms with Crippen LogP contribution in [0.2, 0.25) is 0 Å². The van der Waals surface area contributed by atoms with Crippen LogP contribution in [0.1, 0.15) is 27.7 Å². The molecule has 0 saturated heterocycles. The van der Waals surface area contributed by atoms with E-state index in [9.17, 15) is 13.2 Å². The topological polar surface area (TPSA) is 111 Å². The molecule has 1 unspecified atom stereocenters. The van der Waals surface area contributed by atoms with Crippen molar-refractivity contribution in [3.05, 3.63) is 0 Å². The molecule has 0 heterocycles. The van der Waals surface area contributed by atoms with Crippen LogP contribution in [0.15, 0.2) is 0 Å². The molecule has 0 aromatic carbocycles. The van der Waals surface area contributed by atoms with Gasteiger partial charge in [-0.1, -0.05) is 20.8 Å². The Morgan fingerprint density at radius 2 is 1.95 bits per heavy atom. The van der Waals surface area contributed by atoms with Crippen LogP contribution in [0.4, 0.5) is 0 Å². The molecule has 0 fully saturated rings. The highest BCUT2D eigenvalue weighted by atomic mass is 32.2. The van der Waals surface area contributed by atoms with E-state index >= 15 is 0 Å². The summed E-state index contributed by atoms with van der Waals surface area (Å²) in [6.45, 7) is 6.69. The Morgan fingerprint density at radius 1 is 1.42 bits per heavy atom. The third kappa shape index (κ3) is 5.55. The Morgan fingerprint density at radius 3 is 2.26 bits per heavy atom. The summed E-state index contributed by atoms with van der Waals surface area (Å²) in [5.41, 5.74) is 0. The van der Waals surface area contributed by atoms with E-state index in [0.717, 1.165) is 4.31 Å². The Hall–Kier alpha value is -1.17. The van der Waals surface area contributed by atoms with Crippen molar-refractivity contribution in [1.82, 2.24) is 9.03 Å². The van der Waals surface area contributed by atoms with Gasteiger partial charge in [0.05, 0.1) is 12.0 Å². The third-order valence-electron chi connectivity index (χ3n) is 2.60. The summed E-state index contributed by atoms with van der Waals surface area (Å²) in [6, 6.07) is 0.767. The highest BCUT2D eigenvalue weighted by Crippen LogP contribution is 2.08. The van der Waals surface area contributed by atoms with Gasteiger partial charge < -0.3 is 5.11 Å². The Labute approximate surface area is 114 Å². The number of nitriles is 1. The second-order valence-corrected chi connectivity index (χ2v) is 6.37. The van der Waals surface area contributed by atoms with E-state index in [0.29, 0.717) is 0 Å². The van der Waals surface area contributed by atoms with Crippen molar-refractivity contribution < 1.29 is 18.3 Å². The SMILES string of the molecule is CCN(CC(C)C#N)S(=O)(=O)N[C@H](C(=O)O)C(C)C. The summed E-state index contributed by atoms with van der Waals surface area (Å²) < 4.78 is 27.4. The summed E-state index contributed by atoms with van der Waals surface area (Å²) in [4.78, 5) is 11.0. The van der Waals surface area contributed by atoms with Crippen molar-refractivity contribution >= 4 is 16.2 Å². The third-order valence-corrected chi connectivity index (χ3v) is 4.24. The molecule has 7 nitrogen and oxygen atoms in total. The molecule has 0 aliphatic carbocycles. The van der Waals surface area contributed by atoms with Gasteiger partial charge in [0.1, 0.15) is 6.04 Å². The van der Waals surface area contributed by atoms with Crippen molar-refractivity contribution in [3.63, 3.8) is 0 Å². The molecule has 8 heteroatoms. The van der Waals surface area contributed by atoms with Crippen molar-refractivity contribution in [3.8, 4) is 6.07 Å². The van der Waals surface area contributed by atoms with Gasteiger partial charge in [-0.15, -0.1) is 0 Å². The number of carboxylic acids is 1. The van der Waals surface area contributed by atoms with Gasteiger partial charge in [-0.3, -0.25) is 4.79 Å². The first-order chi connectivity index (χ1) is 8.65. The van der Waals surface area contributed by atoms with Gasteiger partial charge in [0.2, 0.25) is 0 Å². The largest absolute Gasteiger partial charge is 0.480 e. The van der Waals surface area contributed by atoms with Crippen molar-refractivity contribution in [1.29, 1.82) is 5.26 Å². The van der Waals surface area contributed by atoms with Gasteiger partial charge in [-0.05, 0) is 12.8 Å². The number of carbonyl (C=O) groups is 1. The molecule has 0 aliphatic rings. The van der Waals surface area contributed by atoms with Crippen LogP contribution in [-0.2, 0) is 15.0 Å². The quantitative estimate of drug-likeness (QED) is 0.673. The summed E-state index contributed by atoms with van der Waals surface area (Å²) in [5.74, 6) is -2.05. The minimum atomic E-state index is -3.92. The fourth-order valence-electron chi connectivity index (χ4n) is 1.45. The minimum absolute atomic E-state index is 0.0345. The number of hydrogen-bond donors (Lipinski definition) is 2. The summed E-state index contributed by atoms with van der Waals surface area (Å²) >= 11 is 0. The maximum atomic E-state index is 12.1. The monoisotopic (exact) mass is 291 g/mol. The molecule has 0 rings (SSSR count). The maximum Gasteiger partial charge on any atom is 0.322 e. The summed E-state index contributed by atoms with van der Waals surface area (Å²) in [5, 5.41) is 17.7. The van der Waals surface area contributed by atoms with Crippen LogP contribution in [0, 0.1) is 23.2 Å². The second-order valence-electron chi connectivity index (χ2n) is 4.66. The first-order valence-electron chi connectivity index (χ1n) is 6.05. The van der Waals surface area contributed by atoms with Crippen LogP contribution in [-0.4, -0.2) is 42.9 Å². The average molecular weight is 291 g/mol. The lowest BCUT2D eigenvalue weighted by Crippen LogP contribution is -2.51. The Kier molecular flexibility index (Phi) is 6.97. The maximum absolute atomic E-state index is 12.1. The van der Waals surface area contributed by atoms with Gasteiger partial charge in [0, 0.05) is 13.1 Å². The lowest BCUT2D eigenvalue weighted by atomic mass is 10.1. The zero-order chi connectivity index (χ0) is 15.2. The molecule has 2 N–H and O–H groups in total. The number of hydrogen-bond acceptors (Lipinski definition) is 4. The molecule has 0 spiro atoms. The zero-order valence-corrected chi connectivity index (χ0v) is 12.4. The van der Waals surface area contributed by atoms with E-state index < -0.39 is 28.1 Å². The molecule has 0 aromatic rings. The smallest absolute Gasteiger partial charge is 0.322 e. The number of aliphatic carboxylic acids is 1. The molecule has 19 heavy (non-hydrogen) atoms. The van der Waals surface area contributed by atoms with Crippen LogP contribution < -0.4 is 4.72 Å². The normalized spacial score (nSPS) is 15.2. The summed E-state index contributed by atoms with van der Waals surface area (Å²) in [6.07, 6.45) is 0. The summed E-state index contributed by atoms with van der Waals surface area (Å²) in [7, 11) is -3.92. The van der Waals surface area contributed by atoms with E-state index in [1.165, 1.54) is 0 Å². The van der Waals surface area contributed by atoms with Crippen LogP contribution in [0.25, 0.3) is 0 Å². The number of rotatable bonds is 8. The fourth-order valence-corrected chi connectivity index (χ4v) is 3.05. The van der Waals surface area contributed by atoms with Gasteiger partial charge in [-0.25, -0.2) is 0 Å². The lowest BCUT2D eigenvalue weighted by Gasteiger charge is -2.25.